The summed E-state index contributed by atoms with van der Waals surface area (Å²) in [6, 6.07) is -0.399. The highest BCUT2D eigenvalue weighted by Gasteiger charge is 2.35. The summed E-state index contributed by atoms with van der Waals surface area (Å²) in [4.78, 5) is 36.5. The van der Waals surface area contributed by atoms with Crippen LogP contribution in [0.1, 0.15) is 40.0 Å². The first-order chi connectivity index (χ1) is 9.84. The van der Waals surface area contributed by atoms with Crippen molar-refractivity contribution in [2.24, 2.45) is 5.92 Å². The lowest BCUT2D eigenvalue weighted by Crippen LogP contribution is -2.57. The van der Waals surface area contributed by atoms with Gasteiger partial charge in [-0.2, -0.15) is 0 Å². The van der Waals surface area contributed by atoms with Gasteiger partial charge in [-0.1, -0.05) is 6.92 Å². The van der Waals surface area contributed by atoms with Crippen molar-refractivity contribution in [2.45, 2.75) is 45.6 Å². The number of carboxylic acid groups (broad SMARTS) is 1. The Morgan fingerprint density at radius 1 is 1.29 bits per heavy atom. The fraction of sp³-hybridized carbons (Fsp3) is 0.786. The number of urea groups is 1. The molecule has 1 atom stereocenters. The highest BCUT2D eigenvalue weighted by atomic mass is 16.5. The van der Waals surface area contributed by atoms with Gasteiger partial charge < -0.3 is 20.1 Å². The first kappa shape index (κ1) is 17.3. The second kappa shape index (κ2) is 7.28. The molecule has 1 rings (SSSR count). The molecular weight excluding hydrogens is 276 g/mol. The molecule has 7 heteroatoms. The van der Waals surface area contributed by atoms with Crippen LogP contribution in [0.2, 0.25) is 0 Å². The SMILES string of the molecule is CCOC(=O)C1CCN(C(=O)NC(C)(CC)C(=O)O)CC1. The predicted octanol–water partition coefficient (Wildman–Crippen LogP) is 1.22. The Morgan fingerprint density at radius 2 is 1.86 bits per heavy atom. The van der Waals surface area contributed by atoms with Crippen molar-refractivity contribution in [2.75, 3.05) is 19.7 Å². The maximum Gasteiger partial charge on any atom is 0.329 e. The van der Waals surface area contributed by atoms with Gasteiger partial charge in [0, 0.05) is 13.1 Å². The lowest BCUT2D eigenvalue weighted by Gasteiger charge is -2.34. The van der Waals surface area contributed by atoms with E-state index in [9.17, 15) is 14.4 Å². The Bertz CT molecular complexity index is 404. The third kappa shape index (κ3) is 4.34. The van der Waals surface area contributed by atoms with E-state index in [0.717, 1.165) is 0 Å². The number of nitrogens with zero attached hydrogens (tertiary/aromatic N) is 1. The Labute approximate surface area is 124 Å². The van der Waals surface area contributed by atoms with Crippen molar-refractivity contribution in [1.82, 2.24) is 10.2 Å². The number of ether oxygens (including phenoxy) is 1. The van der Waals surface area contributed by atoms with E-state index in [1.165, 1.54) is 6.92 Å². The standard InChI is InChI=1S/C14H24N2O5/c1-4-14(3,12(18)19)15-13(20)16-8-6-10(7-9-16)11(17)21-5-2/h10H,4-9H2,1-3H3,(H,15,20)(H,18,19). The summed E-state index contributed by atoms with van der Waals surface area (Å²) in [5.41, 5.74) is -1.27. The van der Waals surface area contributed by atoms with E-state index in [4.69, 9.17) is 9.84 Å². The van der Waals surface area contributed by atoms with Crippen LogP contribution < -0.4 is 5.32 Å². The number of hydrogen-bond acceptors (Lipinski definition) is 4. The van der Waals surface area contributed by atoms with Gasteiger partial charge in [-0.05, 0) is 33.1 Å². The molecule has 0 radical (unpaired) electrons. The van der Waals surface area contributed by atoms with Crippen molar-refractivity contribution in [3.63, 3.8) is 0 Å². The summed E-state index contributed by atoms with van der Waals surface area (Å²) < 4.78 is 4.97. The van der Waals surface area contributed by atoms with Crippen molar-refractivity contribution in [3.05, 3.63) is 0 Å². The van der Waals surface area contributed by atoms with E-state index in [1.54, 1.807) is 18.7 Å². The van der Waals surface area contributed by atoms with Gasteiger partial charge in [0.05, 0.1) is 12.5 Å². The van der Waals surface area contributed by atoms with E-state index in [1.807, 2.05) is 0 Å². The normalized spacial score (nSPS) is 18.7. The fourth-order valence-electron chi connectivity index (χ4n) is 2.19. The van der Waals surface area contributed by atoms with Crippen LogP contribution in [-0.2, 0) is 14.3 Å². The van der Waals surface area contributed by atoms with Gasteiger partial charge in [0.25, 0.3) is 0 Å². The molecule has 0 bridgehead atoms. The molecule has 120 valence electrons. The summed E-state index contributed by atoms with van der Waals surface area (Å²) in [5.74, 6) is -1.45. The van der Waals surface area contributed by atoms with Crippen LogP contribution in [0.5, 0.6) is 0 Å². The third-order valence-electron chi connectivity index (χ3n) is 3.96. The van der Waals surface area contributed by atoms with Crippen LogP contribution in [-0.4, -0.2) is 53.2 Å². The van der Waals surface area contributed by atoms with Crippen LogP contribution in [0, 0.1) is 5.92 Å². The Kier molecular flexibility index (Phi) is 5.99. The number of esters is 1. The molecule has 0 aromatic heterocycles. The number of amides is 2. The van der Waals surface area contributed by atoms with Crippen LogP contribution >= 0.6 is 0 Å². The minimum absolute atomic E-state index is 0.175. The fourth-order valence-corrected chi connectivity index (χ4v) is 2.19. The summed E-state index contributed by atoms with van der Waals surface area (Å²) in [5, 5.41) is 11.7. The zero-order valence-electron chi connectivity index (χ0n) is 12.8. The molecule has 1 saturated heterocycles. The van der Waals surface area contributed by atoms with E-state index in [0.29, 0.717) is 39.0 Å². The number of nitrogens with one attached hydrogen (secondary N) is 1. The lowest BCUT2D eigenvalue weighted by atomic mass is 9.96. The average molecular weight is 300 g/mol. The zero-order valence-corrected chi connectivity index (χ0v) is 12.8. The smallest absolute Gasteiger partial charge is 0.329 e. The molecule has 21 heavy (non-hydrogen) atoms. The number of carboxylic acids is 1. The van der Waals surface area contributed by atoms with Gasteiger partial charge in [0.2, 0.25) is 0 Å². The van der Waals surface area contributed by atoms with Crippen LogP contribution in [0.25, 0.3) is 0 Å². The molecule has 1 unspecified atom stereocenters. The molecule has 2 amide bonds. The average Bonchev–Trinajstić information content (AvgIpc) is 2.47. The summed E-state index contributed by atoms with van der Waals surface area (Å²) in [6.45, 7) is 6.16. The van der Waals surface area contributed by atoms with Crippen LogP contribution in [0.3, 0.4) is 0 Å². The highest BCUT2D eigenvalue weighted by molar-refractivity contribution is 5.86. The molecule has 1 heterocycles. The highest BCUT2D eigenvalue weighted by Crippen LogP contribution is 2.19. The third-order valence-corrected chi connectivity index (χ3v) is 3.96. The number of rotatable bonds is 5. The molecule has 0 saturated carbocycles. The van der Waals surface area contributed by atoms with Crippen molar-refractivity contribution in [1.29, 1.82) is 0 Å². The van der Waals surface area contributed by atoms with Crippen molar-refractivity contribution < 1.29 is 24.2 Å². The predicted molar refractivity (Wildman–Crippen MR) is 75.8 cm³/mol. The maximum absolute atomic E-state index is 12.1. The number of likely N-dealkylation sites (tertiary alicyclic amines) is 1. The Morgan fingerprint density at radius 3 is 2.29 bits per heavy atom. The van der Waals surface area contributed by atoms with Crippen LogP contribution in [0.4, 0.5) is 4.79 Å². The van der Waals surface area contributed by atoms with E-state index >= 15 is 0 Å². The molecule has 1 fully saturated rings. The zero-order chi connectivity index (χ0) is 16.0. The number of hydrogen-bond donors (Lipinski definition) is 2. The van der Waals surface area contributed by atoms with Gasteiger partial charge in [-0.3, -0.25) is 4.79 Å². The maximum atomic E-state index is 12.1. The molecule has 1 aliphatic heterocycles. The Hall–Kier alpha value is -1.79. The van der Waals surface area contributed by atoms with Gasteiger partial charge >= 0.3 is 18.0 Å². The van der Waals surface area contributed by atoms with E-state index in [2.05, 4.69) is 5.32 Å². The number of piperidine rings is 1. The second-order valence-corrected chi connectivity index (χ2v) is 5.43. The van der Waals surface area contributed by atoms with Gasteiger partial charge in [0.15, 0.2) is 0 Å². The molecule has 2 N–H and O–H groups in total. The van der Waals surface area contributed by atoms with Gasteiger partial charge in [-0.15, -0.1) is 0 Å². The number of carbonyl (C=O) groups is 3. The summed E-state index contributed by atoms with van der Waals surface area (Å²) in [7, 11) is 0. The van der Waals surface area contributed by atoms with E-state index < -0.39 is 17.5 Å². The largest absolute Gasteiger partial charge is 0.480 e. The first-order valence-corrected chi connectivity index (χ1v) is 7.31. The molecule has 0 aliphatic carbocycles. The quantitative estimate of drug-likeness (QED) is 0.744. The molecule has 7 nitrogen and oxygen atoms in total. The number of carbonyl (C=O) groups excluding carboxylic acids is 2. The van der Waals surface area contributed by atoms with Gasteiger partial charge in [0.1, 0.15) is 5.54 Å². The molecule has 1 aliphatic rings. The van der Waals surface area contributed by atoms with Crippen LogP contribution in [0.15, 0.2) is 0 Å². The minimum Gasteiger partial charge on any atom is -0.480 e. The Balaban J connectivity index is 2.52. The van der Waals surface area contributed by atoms with Crippen molar-refractivity contribution >= 4 is 18.0 Å². The van der Waals surface area contributed by atoms with Crippen molar-refractivity contribution in [3.8, 4) is 0 Å². The van der Waals surface area contributed by atoms with E-state index in [-0.39, 0.29) is 11.9 Å². The summed E-state index contributed by atoms with van der Waals surface area (Å²) >= 11 is 0. The number of aliphatic carboxylic acids is 1. The van der Waals surface area contributed by atoms with Gasteiger partial charge in [-0.25, -0.2) is 9.59 Å². The lowest BCUT2D eigenvalue weighted by molar-refractivity contribution is -0.149. The topological polar surface area (TPSA) is 95.9 Å². The molecule has 0 spiro atoms. The monoisotopic (exact) mass is 300 g/mol. The molecule has 0 aromatic carbocycles. The second-order valence-electron chi connectivity index (χ2n) is 5.43. The molecule has 0 aromatic rings. The first-order valence-electron chi connectivity index (χ1n) is 7.31. The minimum atomic E-state index is -1.27. The molecular formula is C14H24N2O5. The summed E-state index contributed by atoms with van der Waals surface area (Å²) in [6.07, 6.45) is 1.39.